The zero-order valence-electron chi connectivity index (χ0n) is 13.0. The molecule has 1 aliphatic heterocycles. The summed E-state index contributed by atoms with van der Waals surface area (Å²) in [4.78, 5) is 26.5. The number of carbonyl (C=O) groups excluding carboxylic acids is 1. The van der Waals surface area contributed by atoms with Crippen LogP contribution in [0.25, 0.3) is 5.69 Å². The van der Waals surface area contributed by atoms with Crippen LogP contribution in [0.1, 0.15) is 12.1 Å². The average Bonchev–Trinajstić information content (AvgIpc) is 2.94. The number of likely N-dealkylation sites (tertiary alicyclic amines) is 1. The van der Waals surface area contributed by atoms with Gasteiger partial charge in [-0.25, -0.2) is 4.68 Å². The number of hydrogen-bond acceptors (Lipinski definition) is 3. The summed E-state index contributed by atoms with van der Waals surface area (Å²) in [6, 6.07) is 9.16. The van der Waals surface area contributed by atoms with Crippen LogP contribution in [-0.2, 0) is 11.8 Å². The Labute approximate surface area is 128 Å². The lowest BCUT2D eigenvalue weighted by Gasteiger charge is -2.12. The van der Waals surface area contributed by atoms with Crippen LogP contribution < -0.4 is 10.9 Å². The van der Waals surface area contributed by atoms with Gasteiger partial charge in [0.1, 0.15) is 11.7 Å². The fourth-order valence-corrected chi connectivity index (χ4v) is 2.87. The van der Waals surface area contributed by atoms with E-state index in [2.05, 4.69) is 5.32 Å². The molecule has 0 radical (unpaired) electrons. The van der Waals surface area contributed by atoms with Crippen LogP contribution in [0.4, 0.5) is 5.69 Å². The SMILES string of the molecule is Cc1c(NC2CCN(C)C2=O)c(=O)n(-c2ccccc2)n1C. The number of aromatic nitrogens is 2. The summed E-state index contributed by atoms with van der Waals surface area (Å²) >= 11 is 0. The molecule has 1 fully saturated rings. The fraction of sp³-hybridized carbons (Fsp3) is 0.375. The second-order valence-electron chi connectivity index (χ2n) is 5.68. The van der Waals surface area contributed by atoms with Crippen LogP contribution in [-0.4, -0.2) is 39.8 Å². The van der Waals surface area contributed by atoms with Gasteiger partial charge >= 0.3 is 0 Å². The number of benzene rings is 1. The lowest BCUT2D eigenvalue weighted by Crippen LogP contribution is -2.33. The third-order valence-electron chi connectivity index (χ3n) is 4.30. The van der Waals surface area contributed by atoms with Crippen molar-refractivity contribution in [2.24, 2.45) is 7.05 Å². The molecular weight excluding hydrogens is 280 g/mol. The molecule has 1 aliphatic rings. The summed E-state index contributed by atoms with van der Waals surface area (Å²) in [5.41, 5.74) is 1.99. The van der Waals surface area contributed by atoms with Gasteiger partial charge in [-0.1, -0.05) is 18.2 Å². The van der Waals surface area contributed by atoms with Gasteiger partial charge in [0.2, 0.25) is 5.91 Å². The van der Waals surface area contributed by atoms with Crippen molar-refractivity contribution in [1.82, 2.24) is 14.3 Å². The number of hydrogen-bond donors (Lipinski definition) is 1. The number of amides is 1. The molecule has 0 spiro atoms. The lowest BCUT2D eigenvalue weighted by molar-refractivity contribution is -0.127. The summed E-state index contributed by atoms with van der Waals surface area (Å²) in [6.07, 6.45) is 0.717. The van der Waals surface area contributed by atoms with Crippen LogP contribution in [0.2, 0.25) is 0 Å². The lowest BCUT2D eigenvalue weighted by atomic mass is 10.2. The second-order valence-corrected chi connectivity index (χ2v) is 5.68. The van der Waals surface area contributed by atoms with Crippen molar-refractivity contribution in [2.75, 3.05) is 18.9 Å². The molecule has 1 amide bonds. The van der Waals surface area contributed by atoms with Gasteiger partial charge < -0.3 is 10.2 Å². The van der Waals surface area contributed by atoms with Gasteiger partial charge in [0.25, 0.3) is 5.56 Å². The highest BCUT2D eigenvalue weighted by molar-refractivity contribution is 5.86. The highest BCUT2D eigenvalue weighted by Gasteiger charge is 2.30. The number of anilines is 1. The number of nitrogens with zero attached hydrogens (tertiary/aromatic N) is 3. The summed E-state index contributed by atoms with van der Waals surface area (Å²) in [5, 5.41) is 3.14. The van der Waals surface area contributed by atoms with E-state index in [1.165, 1.54) is 0 Å². The Bertz CT molecular complexity index is 760. The van der Waals surface area contributed by atoms with Crippen molar-refractivity contribution in [2.45, 2.75) is 19.4 Å². The molecule has 2 aromatic rings. The van der Waals surface area contributed by atoms with Gasteiger partial charge in [-0.15, -0.1) is 0 Å². The molecule has 1 atom stereocenters. The number of rotatable bonds is 3. The van der Waals surface area contributed by atoms with Crippen LogP contribution in [0.3, 0.4) is 0 Å². The molecule has 0 saturated carbocycles. The Morgan fingerprint density at radius 1 is 1.14 bits per heavy atom. The standard InChI is InChI=1S/C16H20N4O2/c1-11-14(17-13-9-10-18(2)15(13)21)16(22)20(19(11)3)12-7-5-4-6-8-12/h4-8,13,17H,9-10H2,1-3H3. The predicted octanol–water partition coefficient (Wildman–Crippen LogP) is 1.13. The van der Waals surface area contributed by atoms with Crippen molar-refractivity contribution in [3.63, 3.8) is 0 Å². The molecular formula is C16H20N4O2. The molecule has 2 heterocycles. The largest absolute Gasteiger partial charge is 0.368 e. The Morgan fingerprint density at radius 2 is 1.82 bits per heavy atom. The minimum atomic E-state index is -0.317. The first-order valence-corrected chi connectivity index (χ1v) is 7.36. The number of nitrogens with one attached hydrogen (secondary N) is 1. The number of para-hydroxylation sites is 1. The fourth-order valence-electron chi connectivity index (χ4n) is 2.87. The van der Waals surface area contributed by atoms with Crippen molar-refractivity contribution in [1.29, 1.82) is 0 Å². The monoisotopic (exact) mass is 300 g/mol. The normalized spacial score (nSPS) is 18.0. The first kappa shape index (κ1) is 14.4. The van der Waals surface area contributed by atoms with Crippen LogP contribution >= 0.6 is 0 Å². The van der Waals surface area contributed by atoms with Crippen molar-refractivity contribution in [3.05, 3.63) is 46.4 Å². The molecule has 1 N–H and O–H groups in total. The minimum Gasteiger partial charge on any atom is -0.368 e. The Kier molecular flexibility index (Phi) is 3.52. The topological polar surface area (TPSA) is 59.3 Å². The van der Waals surface area contributed by atoms with Crippen LogP contribution in [0, 0.1) is 6.92 Å². The third-order valence-corrected chi connectivity index (χ3v) is 4.30. The van der Waals surface area contributed by atoms with Gasteiger partial charge in [-0.2, -0.15) is 0 Å². The summed E-state index contributed by atoms with van der Waals surface area (Å²) in [7, 11) is 3.63. The molecule has 6 heteroatoms. The third kappa shape index (κ3) is 2.20. The summed E-state index contributed by atoms with van der Waals surface area (Å²) in [5.74, 6) is 0.0360. The van der Waals surface area contributed by atoms with Gasteiger partial charge in [0.05, 0.1) is 11.4 Å². The summed E-state index contributed by atoms with van der Waals surface area (Å²) in [6.45, 7) is 2.60. The molecule has 1 unspecified atom stereocenters. The molecule has 116 valence electrons. The minimum absolute atomic E-state index is 0.0360. The molecule has 22 heavy (non-hydrogen) atoms. The average molecular weight is 300 g/mol. The zero-order chi connectivity index (χ0) is 15.9. The van der Waals surface area contributed by atoms with Crippen LogP contribution in [0.15, 0.2) is 35.1 Å². The first-order valence-electron chi connectivity index (χ1n) is 7.36. The van der Waals surface area contributed by atoms with E-state index in [0.29, 0.717) is 12.1 Å². The molecule has 1 saturated heterocycles. The van der Waals surface area contributed by atoms with E-state index in [1.54, 1.807) is 16.6 Å². The zero-order valence-corrected chi connectivity index (χ0v) is 13.0. The van der Waals surface area contributed by atoms with Gasteiger partial charge in [0, 0.05) is 20.6 Å². The van der Waals surface area contributed by atoms with E-state index in [9.17, 15) is 9.59 Å². The van der Waals surface area contributed by atoms with Crippen molar-refractivity contribution in [3.8, 4) is 5.69 Å². The maximum absolute atomic E-state index is 12.7. The molecule has 1 aromatic carbocycles. The maximum atomic E-state index is 12.7. The molecule has 0 bridgehead atoms. The maximum Gasteiger partial charge on any atom is 0.295 e. The molecule has 0 aliphatic carbocycles. The van der Waals surface area contributed by atoms with Crippen molar-refractivity contribution < 1.29 is 4.79 Å². The van der Waals surface area contributed by atoms with E-state index in [-0.39, 0.29) is 17.5 Å². The number of likely N-dealkylation sites (N-methyl/N-ethyl adjacent to an activating group) is 1. The van der Waals surface area contributed by atoms with Gasteiger partial charge in [-0.05, 0) is 25.5 Å². The molecule has 6 nitrogen and oxygen atoms in total. The molecule has 1 aromatic heterocycles. The highest BCUT2D eigenvalue weighted by atomic mass is 16.2. The molecule has 3 rings (SSSR count). The number of carbonyl (C=O) groups is 1. The van der Waals surface area contributed by atoms with Gasteiger partial charge in [-0.3, -0.25) is 14.3 Å². The van der Waals surface area contributed by atoms with E-state index in [0.717, 1.165) is 17.9 Å². The summed E-state index contributed by atoms with van der Waals surface area (Å²) < 4.78 is 3.42. The second kappa shape index (κ2) is 5.36. The van der Waals surface area contributed by atoms with Crippen LogP contribution in [0.5, 0.6) is 0 Å². The Morgan fingerprint density at radius 3 is 2.41 bits per heavy atom. The Balaban J connectivity index is 2.00. The quantitative estimate of drug-likeness (QED) is 0.924. The smallest absolute Gasteiger partial charge is 0.295 e. The Hall–Kier alpha value is -2.50. The van der Waals surface area contributed by atoms with E-state index in [4.69, 9.17) is 0 Å². The first-order chi connectivity index (χ1) is 10.5. The van der Waals surface area contributed by atoms with Gasteiger partial charge in [0.15, 0.2) is 0 Å². The van der Waals surface area contributed by atoms with E-state index in [1.807, 2.05) is 49.0 Å². The van der Waals surface area contributed by atoms with E-state index >= 15 is 0 Å². The van der Waals surface area contributed by atoms with Crippen molar-refractivity contribution >= 4 is 11.6 Å². The highest BCUT2D eigenvalue weighted by Crippen LogP contribution is 2.18. The van der Waals surface area contributed by atoms with E-state index < -0.39 is 0 Å². The predicted molar refractivity (Wildman–Crippen MR) is 85.4 cm³/mol.